The molecule has 0 N–H and O–H groups in total. The van der Waals surface area contributed by atoms with Crippen molar-refractivity contribution in [3.05, 3.63) is 30.1 Å². The topological polar surface area (TPSA) is 16.1 Å². The summed E-state index contributed by atoms with van der Waals surface area (Å²) >= 11 is 6.27. The van der Waals surface area contributed by atoms with Crippen LogP contribution in [0.1, 0.15) is 18.9 Å². The minimum atomic E-state index is 0.306. The summed E-state index contributed by atoms with van der Waals surface area (Å²) in [5.41, 5.74) is 1.32. The Morgan fingerprint density at radius 1 is 1.47 bits per heavy atom. The van der Waals surface area contributed by atoms with Gasteiger partial charge in [-0.15, -0.1) is 11.6 Å². The maximum absolute atomic E-state index is 6.27. The van der Waals surface area contributed by atoms with E-state index >= 15 is 0 Å². The molecule has 1 aliphatic heterocycles. The molecule has 0 spiro atoms. The Labute approximate surface area is 96.3 Å². The Morgan fingerprint density at radius 3 is 2.87 bits per heavy atom. The summed E-state index contributed by atoms with van der Waals surface area (Å²) < 4.78 is 0. The molecule has 2 rings (SSSR count). The van der Waals surface area contributed by atoms with Crippen LogP contribution in [-0.4, -0.2) is 28.4 Å². The molecule has 2 atom stereocenters. The van der Waals surface area contributed by atoms with Crippen molar-refractivity contribution in [1.29, 1.82) is 0 Å². The van der Waals surface area contributed by atoms with E-state index in [9.17, 15) is 0 Å². The molecule has 1 fully saturated rings. The van der Waals surface area contributed by atoms with E-state index in [2.05, 4.69) is 28.9 Å². The van der Waals surface area contributed by atoms with Crippen molar-refractivity contribution < 1.29 is 0 Å². The molecule has 0 amide bonds. The molecule has 3 heteroatoms. The molecule has 2 unspecified atom stereocenters. The van der Waals surface area contributed by atoms with E-state index in [1.807, 2.05) is 12.4 Å². The molecule has 2 nitrogen and oxygen atoms in total. The van der Waals surface area contributed by atoms with E-state index in [0.717, 1.165) is 19.6 Å². The van der Waals surface area contributed by atoms with Gasteiger partial charge in [0.2, 0.25) is 0 Å². The average Bonchev–Trinajstić information content (AvgIpc) is 2.25. The Bertz CT molecular complexity index is 302. The van der Waals surface area contributed by atoms with Crippen LogP contribution < -0.4 is 0 Å². The quantitative estimate of drug-likeness (QED) is 0.718. The van der Waals surface area contributed by atoms with E-state index in [-0.39, 0.29) is 0 Å². The maximum Gasteiger partial charge on any atom is 0.0489 e. The molecule has 2 heterocycles. The fraction of sp³-hybridized carbons (Fsp3) is 0.583. The van der Waals surface area contributed by atoms with Gasteiger partial charge in [0, 0.05) is 30.9 Å². The minimum absolute atomic E-state index is 0.306. The molecule has 0 saturated carbocycles. The zero-order chi connectivity index (χ0) is 10.7. The highest BCUT2D eigenvalue weighted by Crippen LogP contribution is 2.22. The molecule has 1 aliphatic rings. The average molecular weight is 225 g/mol. The van der Waals surface area contributed by atoms with Gasteiger partial charge in [-0.05, 0) is 36.6 Å². The molecule has 0 bridgehead atoms. The number of aromatic nitrogens is 1. The summed E-state index contributed by atoms with van der Waals surface area (Å²) in [7, 11) is 0. The molecule has 1 saturated heterocycles. The van der Waals surface area contributed by atoms with Crippen molar-refractivity contribution in [1.82, 2.24) is 9.88 Å². The predicted molar refractivity (Wildman–Crippen MR) is 62.9 cm³/mol. The summed E-state index contributed by atoms with van der Waals surface area (Å²) in [6.07, 6.45) is 4.90. The number of pyridine rings is 1. The third-order valence-electron chi connectivity index (χ3n) is 3.11. The van der Waals surface area contributed by atoms with Crippen molar-refractivity contribution in [3.63, 3.8) is 0 Å². The first kappa shape index (κ1) is 10.9. The van der Waals surface area contributed by atoms with Crippen LogP contribution in [-0.2, 0) is 6.54 Å². The van der Waals surface area contributed by atoms with Gasteiger partial charge >= 0.3 is 0 Å². The molecule has 0 aromatic carbocycles. The summed E-state index contributed by atoms with van der Waals surface area (Å²) in [5, 5.41) is 0.306. The Kier molecular flexibility index (Phi) is 3.60. The number of halogens is 1. The Balaban J connectivity index is 1.91. The normalized spacial score (nSPS) is 27.9. The van der Waals surface area contributed by atoms with Crippen LogP contribution in [0, 0.1) is 5.92 Å². The van der Waals surface area contributed by atoms with Gasteiger partial charge in [-0.2, -0.15) is 0 Å². The lowest BCUT2D eigenvalue weighted by Gasteiger charge is -2.33. The highest BCUT2D eigenvalue weighted by Gasteiger charge is 2.23. The van der Waals surface area contributed by atoms with Gasteiger partial charge in [-0.25, -0.2) is 0 Å². The van der Waals surface area contributed by atoms with Crippen LogP contribution in [0.2, 0.25) is 0 Å². The van der Waals surface area contributed by atoms with Gasteiger partial charge in [-0.1, -0.05) is 6.92 Å². The Morgan fingerprint density at radius 2 is 2.20 bits per heavy atom. The first-order valence-electron chi connectivity index (χ1n) is 5.51. The highest BCUT2D eigenvalue weighted by atomic mass is 35.5. The molecule has 1 aromatic heterocycles. The number of piperidine rings is 1. The van der Waals surface area contributed by atoms with Crippen molar-refractivity contribution in [2.75, 3.05) is 13.1 Å². The first-order chi connectivity index (χ1) is 7.25. The molecule has 15 heavy (non-hydrogen) atoms. The number of likely N-dealkylation sites (tertiary alicyclic amines) is 1. The van der Waals surface area contributed by atoms with Crippen molar-refractivity contribution in [3.8, 4) is 0 Å². The van der Waals surface area contributed by atoms with Crippen molar-refractivity contribution >= 4 is 11.6 Å². The SMILES string of the molecule is CC1CCN(Cc2ccncc2)CC1Cl. The van der Waals surface area contributed by atoms with E-state index in [4.69, 9.17) is 11.6 Å². The molecule has 82 valence electrons. The smallest absolute Gasteiger partial charge is 0.0489 e. The van der Waals surface area contributed by atoms with Gasteiger partial charge in [-0.3, -0.25) is 9.88 Å². The van der Waals surface area contributed by atoms with Crippen molar-refractivity contribution in [2.45, 2.75) is 25.3 Å². The Hall–Kier alpha value is -0.600. The maximum atomic E-state index is 6.27. The molecule has 0 aliphatic carbocycles. The fourth-order valence-corrected chi connectivity index (χ4v) is 2.30. The minimum Gasteiger partial charge on any atom is -0.298 e. The standard InChI is InChI=1S/C12H17ClN2/c1-10-4-7-15(9-12(10)13)8-11-2-5-14-6-3-11/h2-3,5-6,10,12H,4,7-9H2,1H3. The van der Waals surface area contributed by atoms with Crippen LogP contribution in [0.4, 0.5) is 0 Å². The number of alkyl halides is 1. The number of hydrogen-bond acceptors (Lipinski definition) is 2. The number of nitrogens with zero attached hydrogens (tertiary/aromatic N) is 2. The van der Waals surface area contributed by atoms with Crippen LogP contribution in [0.5, 0.6) is 0 Å². The zero-order valence-electron chi connectivity index (χ0n) is 9.06. The van der Waals surface area contributed by atoms with Gasteiger partial charge in [0.1, 0.15) is 0 Å². The van der Waals surface area contributed by atoms with Crippen LogP contribution >= 0.6 is 11.6 Å². The number of hydrogen-bond donors (Lipinski definition) is 0. The second-order valence-electron chi connectivity index (χ2n) is 4.37. The fourth-order valence-electron chi connectivity index (χ4n) is 1.97. The second kappa shape index (κ2) is 4.95. The van der Waals surface area contributed by atoms with Crippen molar-refractivity contribution in [2.24, 2.45) is 5.92 Å². The van der Waals surface area contributed by atoms with E-state index in [0.29, 0.717) is 11.3 Å². The van der Waals surface area contributed by atoms with E-state index < -0.39 is 0 Å². The monoisotopic (exact) mass is 224 g/mol. The zero-order valence-corrected chi connectivity index (χ0v) is 9.82. The number of rotatable bonds is 2. The highest BCUT2D eigenvalue weighted by molar-refractivity contribution is 6.21. The molecule has 1 aromatic rings. The third-order valence-corrected chi connectivity index (χ3v) is 3.67. The molecular weight excluding hydrogens is 208 g/mol. The van der Waals surface area contributed by atoms with Crippen LogP contribution in [0.3, 0.4) is 0 Å². The van der Waals surface area contributed by atoms with Crippen LogP contribution in [0.25, 0.3) is 0 Å². The third kappa shape index (κ3) is 2.93. The summed E-state index contributed by atoms with van der Waals surface area (Å²) in [6, 6.07) is 4.14. The van der Waals surface area contributed by atoms with Gasteiger partial charge in [0.15, 0.2) is 0 Å². The van der Waals surface area contributed by atoms with Gasteiger partial charge < -0.3 is 0 Å². The first-order valence-corrected chi connectivity index (χ1v) is 5.94. The van der Waals surface area contributed by atoms with Gasteiger partial charge in [0.05, 0.1) is 0 Å². The van der Waals surface area contributed by atoms with E-state index in [1.165, 1.54) is 12.0 Å². The predicted octanol–water partition coefficient (Wildman–Crippen LogP) is 2.53. The van der Waals surface area contributed by atoms with E-state index in [1.54, 1.807) is 0 Å². The van der Waals surface area contributed by atoms with Crippen LogP contribution in [0.15, 0.2) is 24.5 Å². The molecular formula is C12H17ClN2. The largest absolute Gasteiger partial charge is 0.298 e. The lowest BCUT2D eigenvalue weighted by Crippen LogP contribution is -2.39. The lowest BCUT2D eigenvalue weighted by molar-refractivity contribution is 0.189. The lowest BCUT2D eigenvalue weighted by atomic mass is 9.98. The summed E-state index contributed by atoms with van der Waals surface area (Å²) in [4.78, 5) is 6.44. The second-order valence-corrected chi connectivity index (χ2v) is 4.93. The summed E-state index contributed by atoms with van der Waals surface area (Å²) in [6.45, 7) is 5.40. The molecule has 0 radical (unpaired) electrons. The summed E-state index contributed by atoms with van der Waals surface area (Å²) in [5.74, 6) is 0.653. The van der Waals surface area contributed by atoms with Gasteiger partial charge in [0.25, 0.3) is 0 Å².